The number of hydrogen-bond donors (Lipinski definition) is 0. The quantitative estimate of drug-likeness (QED) is 0.594. The second kappa shape index (κ2) is 4.23. The lowest BCUT2D eigenvalue weighted by Crippen LogP contribution is -2.06. The third kappa shape index (κ3) is 3.47. The predicted molar refractivity (Wildman–Crippen MR) is 52.7 cm³/mol. The normalized spacial score (nSPS) is 24.4. The Hall–Kier alpha value is -0.370. The molecule has 0 aromatic heterocycles. The molecule has 1 unspecified atom stereocenters. The van der Waals surface area contributed by atoms with Crippen molar-refractivity contribution in [2.75, 3.05) is 0 Å². The summed E-state index contributed by atoms with van der Waals surface area (Å²) in [4.78, 5) is 11.3. The lowest BCUT2D eigenvalue weighted by molar-refractivity contribution is -0.119. The first kappa shape index (κ1) is 10.7. The largest absolute Gasteiger partial charge is 0.367 e. The van der Waals surface area contributed by atoms with Crippen LogP contribution in [0.4, 0.5) is 0 Å². The molecule has 0 aromatic carbocycles. The summed E-state index contributed by atoms with van der Waals surface area (Å²) >= 11 is 0. The molecule has 0 amide bonds. The van der Waals surface area contributed by atoms with E-state index >= 15 is 0 Å². The highest BCUT2D eigenvalue weighted by Crippen LogP contribution is 2.38. The van der Waals surface area contributed by atoms with Gasteiger partial charge in [0.2, 0.25) is 0 Å². The zero-order chi connectivity index (χ0) is 9.90. The fourth-order valence-corrected chi connectivity index (χ4v) is 1.53. The molecule has 0 spiro atoms. The Balaban J connectivity index is 2.03. The third-order valence-corrected chi connectivity index (χ3v) is 2.66. The van der Waals surface area contributed by atoms with E-state index in [1.807, 2.05) is 0 Å². The molecule has 0 bridgehead atoms. The summed E-state index contributed by atoms with van der Waals surface area (Å²) < 4.78 is 5.41. The van der Waals surface area contributed by atoms with Crippen molar-refractivity contribution in [3.63, 3.8) is 0 Å². The van der Waals surface area contributed by atoms with Gasteiger partial charge >= 0.3 is 0 Å². The maximum Gasteiger partial charge on any atom is 0.133 e. The maximum atomic E-state index is 11.3. The van der Waals surface area contributed by atoms with Crippen molar-refractivity contribution in [1.82, 2.24) is 0 Å². The van der Waals surface area contributed by atoms with Gasteiger partial charge in [0, 0.05) is 12.8 Å². The van der Waals surface area contributed by atoms with Crippen molar-refractivity contribution in [3.05, 3.63) is 0 Å². The molecule has 0 N–H and O–H groups in total. The number of hydrogen-bond acceptors (Lipinski definition) is 2. The van der Waals surface area contributed by atoms with Crippen molar-refractivity contribution >= 4 is 5.78 Å². The first-order valence-electron chi connectivity index (χ1n) is 5.26. The van der Waals surface area contributed by atoms with Gasteiger partial charge in [-0.25, -0.2) is 0 Å². The van der Waals surface area contributed by atoms with Crippen LogP contribution in [0.2, 0.25) is 0 Å². The van der Waals surface area contributed by atoms with Crippen LogP contribution in [0.5, 0.6) is 0 Å². The zero-order valence-electron chi connectivity index (χ0n) is 8.93. The van der Waals surface area contributed by atoms with Crippen LogP contribution in [-0.2, 0) is 9.53 Å². The average molecular weight is 184 g/mol. The Bertz CT molecular complexity index is 185. The van der Waals surface area contributed by atoms with Crippen LogP contribution < -0.4 is 0 Å². The highest BCUT2D eigenvalue weighted by molar-refractivity contribution is 5.78. The van der Waals surface area contributed by atoms with Crippen LogP contribution in [0.15, 0.2) is 0 Å². The van der Waals surface area contributed by atoms with Crippen molar-refractivity contribution in [2.24, 2.45) is 0 Å². The summed E-state index contributed by atoms with van der Waals surface area (Å²) in [5.74, 6) is 0.396. The van der Waals surface area contributed by atoms with Gasteiger partial charge in [-0.2, -0.15) is 0 Å². The van der Waals surface area contributed by atoms with Gasteiger partial charge in [-0.3, -0.25) is 4.79 Å². The molecule has 1 aliphatic heterocycles. The Kier molecular flexibility index (Phi) is 3.48. The van der Waals surface area contributed by atoms with Crippen LogP contribution >= 0.6 is 0 Å². The van der Waals surface area contributed by atoms with Crippen molar-refractivity contribution in [3.8, 4) is 0 Å². The molecular weight excluding hydrogens is 164 g/mol. The maximum absolute atomic E-state index is 11.3. The van der Waals surface area contributed by atoms with E-state index < -0.39 is 0 Å². The molecule has 1 aliphatic rings. The van der Waals surface area contributed by atoms with Crippen LogP contribution in [0.1, 0.15) is 52.9 Å². The number of ketones is 1. The van der Waals surface area contributed by atoms with Crippen molar-refractivity contribution in [1.29, 1.82) is 0 Å². The second-order valence-corrected chi connectivity index (χ2v) is 4.39. The highest BCUT2D eigenvalue weighted by atomic mass is 16.6. The summed E-state index contributed by atoms with van der Waals surface area (Å²) in [6.07, 6.45) is 4.84. The molecule has 13 heavy (non-hydrogen) atoms. The smallest absolute Gasteiger partial charge is 0.133 e. The fraction of sp³-hybridized carbons (Fsp3) is 0.909. The molecule has 1 rings (SSSR count). The Morgan fingerprint density at radius 3 is 2.46 bits per heavy atom. The van der Waals surface area contributed by atoms with Gasteiger partial charge in [0.1, 0.15) is 5.78 Å². The summed E-state index contributed by atoms with van der Waals surface area (Å²) in [7, 11) is 0. The van der Waals surface area contributed by atoms with Gasteiger partial charge in [-0.05, 0) is 26.7 Å². The van der Waals surface area contributed by atoms with E-state index in [0.29, 0.717) is 18.3 Å². The summed E-state index contributed by atoms with van der Waals surface area (Å²) in [6.45, 7) is 6.27. The molecule has 1 heterocycles. The SMILES string of the molecule is CCCCC(=O)CCC1OC1(C)C. The molecule has 0 radical (unpaired) electrons. The van der Waals surface area contributed by atoms with Gasteiger partial charge in [0.15, 0.2) is 0 Å². The predicted octanol–water partition coefficient (Wildman–Crippen LogP) is 2.70. The van der Waals surface area contributed by atoms with E-state index in [1.165, 1.54) is 0 Å². The zero-order valence-corrected chi connectivity index (χ0v) is 8.93. The molecule has 0 aromatic rings. The number of rotatable bonds is 6. The van der Waals surface area contributed by atoms with Gasteiger partial charge in [0.25, 0.3) is 0 Å². The lowest BCUT2D eigenvalue weighted by atomic mass is 10.0. The number of ether oxygens (including phenoxy) is 1. The van der Waals surface area contributed by atoms with Crippen molar-refractivity contribution in [2.45, 2.75) is 64.6 Å². The van der Waals surface area contributed by atoms with E-state index in [9.17, 15) is 4.79 Å². The molecule has 2 nitrogen and oxygen atoms in total. The minimum Gasteiger partial charge on any atom is -0.367 e. The van der Waals surface area contributed by atoms with Crippen LogP contribution in [0.25, 0.3) is 0 Å². The molecule has 1 fully saturated rings. The third-order valence-electron chi connectivity index (χ3n) is 2.66. The fourth-order valence-electron chi connectivity index (χ4n) is 1.53. The summed E-state index contributed by atoms with van der Waals surface area (Å²) in [5.41, 5.74) is 0.0467. The van der Waals surface area contributed by atoms with E-state index in [4.69, 9.17) is 4.74 Å². The van der Waals surface area contributed by atoms with Gasteiger partial charge in [0.05, 0.1) is 11.7 Å². The van der Waals surface area contributed by atoms with Gasteiger partial charge in [-0.1, -0.05) is 13.3 Å². The molecule has 1 atom stereocenters. The lowest BCUT2D eigenvalue weighted by Gasteiger charge is -1.98. The first-order chi connectivity index (χ1) is 6.06. The number of unbranched alkanes of at least 4 members (excludes halogenated alkanes) is 1. The number of carbonyl (C=O) groups excluding carboxylic acids is 1. The van der Waals surface area contributed by atoms with E-state index in [0.717, 1.165) is 25.7 Å². The van der Waals surface area contributed by atoms with Crippen LogP contribution in [-0.4, -0.2) is 17.5 Å². The number of carbonyl (C=O) groups is 1. The van der Waals surface area contributed by atoms with E-state index in [1.54, 1.807) is 0 Å². The monoisotopic (exact) mass is 184 g/mol. The minimum atomic E-state index is 0.0467. The van der Waals surface area contributed by atoms with Crippen molar-refractivity contribution < 1.29 is 9.53 Å². The molecule has 2 heteroatoms. The standard InChI is InChI=1S/C11H20O2/c1-4-5-6-9(12)7-8-10-11(2,3)13-10/h10H,4-8H2,1-3H3. The highest BCUT2D eigenvalue weighted by Gasteiger charge is 2.47. The summed E-state index contributed by atoms with van der Waals surface area (Å²) in [6, 6.07) is 0. The topological polar surface area (TPSA) is 29.6 Å². The van der Waals surface area contributed by atoms with E-state index in [2.05, 4.69) is 20.8 Å². The van der Waals surface area contributed by atoms with E-state index in [-0.39, 0.29) is 5.60 Å². The number of epoxide rings is 1. The average Bonchev–Trinajstić information content (AvgIpc) is 2.67. The molecule has 0 aliphatic carbocycles. The Morgan fingerprint density at radius 2 is 2.00 bits per heavy atom. The minimum absolute atomic E-state index is 0.0467. The molecular formula is C11H20O2. The van der Waals surface area contributed by atoms with Gasteiger partial charge < -0.3 is 4.74 Å². The van der Waals surface area contributed by atoms with Crippen LogP contribution in [0.3, 0.4) is 0 Å². The second-order valence-electron chi connectivity index (χ2n) is 4.39. The number of Topliss-reactive ketones (excluding diaryl/α,β-unsaturated/α-hetero) is 1. The molecule has 1 saturated heterocycles. The Morgan fingerprint density at radius 1 is 1.38 bits per heavy atom. The Labute approximate surface area is 80.7 Å². The molecule has 0 saturated carbocycles. The van der Waals surface area contributed by atoms with Crippen LogP contribution in [0, 0.1) is 0 Å². The summed E-state index contributed by atoms with van der Waals surface area (Å²) in [5, 5.41) is 0. The first-order valence-corrected chi connectivity index (χ1v) is 5.26. The molecule has 76 valence electrons. The van der Waals surface area contributed by atoms with Gasteiger partial charge in [-0.15, -0.1) is 0 Å².